The molecule has 0 bridgehead atoms. The summed E-state index contributed by atoms with van der Waals surface area (Å²) in [5.74, 6) is 2.03. The summed E-state index contributed by atoms with van der Waals surface area (Å²) in [5.41, 5.74) is 7.78. The summed E-state index contributed by atoms with van der Waals surface area (Å²) >= 11 is 0. The summed E-state index contributed by atoms with van der Waals surface area (Å²) in [5, 5.41) is 6.42. The molecule has 1 saturated heterocycles. The van der Waals surface area contributed by atoms with E-state index in [1.165, 1.54) is 0 Å². The molecule has 0 aromatic carbocycles. The van der Waals surface area contributed by atoms with Crippen molar-refractivity contribution in [3.8, 4) is 5.88 Å². The molecule has 0 saturated carbocycles. The smallest absolute Gasteiger partial charge is 0.407 e. The van der Waals surface area contributed by atoms with E-state index in [1.807, 2.05) is 39.0 Å². The van der Waals surface area contributed by atoms with Gasteiger partial charge in [-0.1, -0.05) is 24.0 Å². The molecular formula is C22H36N6O3. The number of rotatable bonds is 11. The lowest BCUT2D eigenvalue weighted by Gasteiger charge is -2.33. The first-order chi connectivity index (χ1) is 14.9. The Labute approximate surface area is 185 Å². The summed E-state index contributed by atoms with van der Waals surface area (Å²) in [6, 6.07) is 5.89. The van der Waals surface area contributed by atoms with Gasteiger partial charge < -0.3 is 19.7 Å². The predicted molar refractivity (Wildman–Crippen MR) is 121 cm³/mol. The fourth-order valence-corrected chi connectivity index (χ4v) is 3.43. The van der Waals surface area contributed by atoms with Crippen LogP contribution >= 0.6 is 0 Å². The first kappa shape index (κ1) is 24.6. The normalized spacial score (nSPS) is 14.6. The lowest BCUT2D eigenvalue weighted by Crippen LogP contribution is -2.40. The molecule has 1 aromatic heterocycles. The van der Waals surface area contributed by atoms with Crippen LogP contribution in [-0.2, 0) is 4.74 Å². The second-order valence-electron chi connectivity index (χ2n) is 8.86. The number of hydrogen-bond donors (Lipinski definition) is 1. The number of piperidine rings is 1. The van der Waals surface area contributed by atoms with Crippen LogP contribution in [0.5, 0.6) is 5.88 Å². The predicted octanol–water partition coefficient (Wildman–Crippen LogP) is 5.07. The molecule has 1 aliphatic heterocycles. The van der Waals surface area contributed by atoms with E-state index in [4.69, 9.17) is 15.0 Å². The Hall–Kier alpha value is -2.67. The first-order valence-corrected chi connectivity index (χ1v) is 11.2. The van der Waals surface area contributed by atoms with Gasteiger partial charge in [-0.15, -0.1) is 0 Å². The number of alkyl carbamates (subject to hydrolysis) is 1. The van der Waals surface area contributed by atoms with Crippen LogP contribution in [0.4, 0.5) is 10.6 Å². The first-order valence-electron chi connectivity index (χ1n) is 11.2. The lowest BCUT2D eigenvalue weighted by molar-refractivity contribution is 0.0516. The SMILES string of the molecule is CC(C)(C)OC(=O)NCC1CCN(c2cccc(OCCCCCCN=[N+]=[N-])n2)CC1. The summed E-state index contributed by atoms with van der Waals surface area (Å²) < 4.78 is 11.1. The monoisotopic (exact) mass is 432 g/mol. The summed E-state index contributed by atoms with van der Waals surface area (Å²) in [4.78, 5) is 21.5. The van der Waals surface area contributed by atoms with Crippen LogP contribution in [0.15, 0.2) is 23.3 Å². The highest BCUT2D eigenvalue weighted by Crippen LogP contribution is 2.23. The van der Waals surface area contributed by atoms with Crippen molar-refractivity contribution in [3.63, 3.8) is 0 Å². The van der Waals surface area contributed by atoms with Gasteiger partial charge in [0.15, 0.2) is 0 Å². The molecule has 9 nitrogen and oxygen atoms in total. The van der Waals surface area contributed by atoms with Crippen LogP contribution < -0.4 is 15.0 Å². The van der Waals surface area contributed by atoms with Crippen molar-refractivity contribution in [3.05, 3.63) is 28.6 Å². The van der Waals surface area contributed by atoms with Crippen LogP contribution in [0.3, 0.4) is 0 Å². The molecule has 1 N–H and O–H groups in total. The number of carbonyl (C=O) groups is 1. The molecule has 31 heavy (non-hydrogen) atoms. The van der Waals surface area contributed by atoms with Crippen molar-refractivity contribution >= 4 is 11.9 Å². The minimum Gasteiger partial charge on any atom is -0.478 e. The van der Waals surface area contributed by atoms with E-state index in [2.05, 4.69) is 25.2 Å². The maximum Gasteiger partial charge on any atom is 0.407 e. The van der Waals surface area contributed by atoms with E-state index >= 15 is 0 Å². The van der Waals surface area contributed by atoms with E-state index in [0.29, 0.717) is 31.5 Å². The van der Waals surface area contributed by atoms with Gasteiger partial charge in [0.2, 0.25) is 5.88 Å². The Bertz CT molecular complexity index is 722. The van der Waals surface area contributed by atoms with Gasteiger partial charge in [0, 0.05) is 37.2 Å². The zero-order valence-corrected chi connectivity index (χ0v) is 19.0. The maximum absolute atomic E-state index is 11.8. The largest absolute Gasteiger partial charge is 0.478 e. The average molecular weight is 433 g/mol. The molecular weight excluding hydrogens is 396 g/mol. The van der Waals surface area contributed by atoms with Crippen LogP contribution in [-0.4, -0.2) is 49.5 Å². The maximum atomic E-state index is 11.8. The molecule has 0 unspecified atom stereocenters. The van der Waals surface area contributed by atoms with Crippen LogP contribution in [0.1, 0.15) is 59.3 Å². The molecule has 2 heterocycles. The number of amides is 1. The third-order valence-corrected chi connectivity index (χ3v) is 5.05. The van der Waals surface area contributed by atoms with Crippen molar-refractivity contribution in [2.24, 2.45) is 11.0 Å². The molecule has 2 rings (SSSR count). The second kappa shape index (κ2) is 12.9. The molecule has 0 atom stereocenters. The van der Waals surface area contributed by atoms with Crippen molar-refractivity contribution in [1.82, 2.24) is 10.3 Å². The highest BCUT2D eigenvalue weighted by Gasteiger charge is 2.22. The summed E-state index contributed by atoms with van der Waals surface area (Å²) in [7, 11) is 0. The third-order valence-electron chi connectivity index (χ3n) is 5.05. The van der Waals surface area contributed by atoms with Crippen molar-refractivity contribution in [1.29, 1.82) is 0 Å². The molecule has 1 fully saturated rings. The Morgan fingerprint density at radius 1 is 1.26 bits per heavy atom. The van der Waals surface area contributed by atoms with Crippen LogP contribution in [0.2, 0.25) is 0 Å². The van der Waals surface area contributed by atoms with Gasteiger partial charge in [-0.05, 0) is 64.0 Å². The van der Waals surface area contributed by atoms with Crippen molar-refractivity contribution in [2.75, 3.05) is 37.7 Å². The number of ether oxygens (including phenoxy) is 2. The Balaban J connectivity index is 1.67. The number of carbonyl (C=O) groups excluding carboxylic acids is 1. The van der Waals surface area contributed by atoms with Crippen LogP contribution in [0.25, 0.3) is 10.4 Å². The molecule has 0 radical (unpaired) electrons. The topological polar surface area (TPSA) is 112 Å². The number of pyridine rings is 1. The van der Waals surface area contributed by atoms with Gasteiger partial charge in [0.25, 0.3) is 0 Å². The Kier molecular flexibility index (Phi) is 10.2. The fraction of sp³-hybridized carbons (Fsp3) is 0.727. The number of unbranched alkanes of at least 4 members (excludes halogenated alkanes) is 3. The average Bonchev–Trinajstić information content (AvgIpc) is 2.73. The fourth-order valence-electron chi connectivity index (χ4n) is 3.43. The number of nitrogens with zero attached hydrogens (tertiary/aromatic N) is 5. The van der Waals surface area contributed by atoms with Gasteiger partial charge >= 0.3 is 6.09 Å². The van der Waals surface area contributed by atoms with E-state index in [0.717, 1.165) is 57.4 Å². The van der Waals surface area contributed by atoms with Gasteiger partial charge in [0.05, 0.1) is 6.61 Å². The highest BCUT2D eigenvalue weighted by molar-refractivity contribution is 5.67. The zero-order valence-electron chi connectivity index (χ0n) is 19.0. The molecule has 1 aliphatic rings. The van der Waals surface area contributed by atoms with Crippen molar-refractivity contribution < 1.29 is 14.3 Å². The van der Waals surface area contributed by atoms with Crippen LogP contribution in [0, 0.1) is 5.92 Å². The van der Waals surface area contributed by atoms with E-state index in [-0.39, 0.29) is 6.09 Å². The Morgan fingerprint density at radius 2 is 2.00 bits per heavy atom. The van der Waals surface area contributed by atoms with Gasteiger partial charge in [-0.2, -0.15) is 4.98 Å². The Morgan fingerprint density at radius 3 is 2.71 bits per heavy atom. The number of anilines is 1. The van der Waals surface area contributed by atoms with E-state index < -0.39 is 5.60 Å². The number of azide groups is 1. The molecule has 172 valence electrons. The lowest BCUT2D eigenvalue weighted by atomic mass is 9.97. The summed E-state index contributed by atoms with van der Waals surface area (Å²) in [6.45, 7) is 9.25. The van der Waals surface area contributed by atoms with Gasteiger partial charge in [-0.3, -0.25) is 0 Å². The van der Waals surface area contributed by atoms with Gasteiger partial charge in [-0.25, -0.2) is 4.79 Å². The quantitative estimate of drug-likeness (QED) is 0.227. The van der Waals surface area contributed by atoms with E-state index in [1.54, 1.807) is 0 Å². The molecule has 0 aliphatic carbocycles. The van der Waals surface area contributed by atoms with Crippen molar-refractivity contribution in [2.45, 2.75) is 64.9 Å². The number of hydrogen-bond acceptors (Lipinski definition) is 6. The highest BCUT2D eigenvalue weighted by atomic mass is 16.6. The molecule has 9 heteroatoms. The number of nitrogens with one attached hydrogen (secondary N) is 1. The minimum absolute atomic E-state index is 0.350. The third kappa shape index (κ3) is 10.3. The van der Waals surface area contributed by atoms with E-state index in [9.17, 15) is 4.79 Å². The molecule has 1 aromatic rings. The van der Waals surface area contributed by atoms with Gasteiger partial charge in [0.1, 0.15) is 11.4 Å². The second-order valence-corrected chi connectivity index (χ2v) is 8.86. The molecule has 1 amide bonds. The molecule has 0 spiro atoms. The standard InChI is InChI=1S/C22H36N6O3/c1-22(2,3)31-21(29)24-17-18-11-14-28(15-12-18)19-9-8-10-20(26-19)30-16-7-5-4-6-13-25-27-23/h8-10,18H,4-7,11-17H2,1-3H3,(H,24,29). The zero-order chi connectivity index (χ0) is 22.5. The minimum atomic E-state index is -0.473. The number of aromatic nitrogens is 1. The summed E-state index contributed by atoms with van der Waals surface area (Å²) in [6.07, 6.45) is 5.60.